The van der Waals surface area contributed by atoms with Crippen molar-refractivity contribution in [2.24, 2.45) is 4.99 Å². The summed E-state index contributed by atoms with van der Waals surface area (Å²) < 4.78 is 0. The van der Waals surface area contributed by atoms with Gasteiger partial charge in [-0.25, -0.2) is 4.99 Å². The van der Waals surface area contributed by atoms with Crippen LogP contribution in [0.3, 0.4) is 0 Å². The zero-order valence-corrected chi connectivity index (χ0v) is 10.5. The topological polar surface area (TPSA) is 64.9 Å². The number of para-hydroxylation sites is 1. The lowest BCUT2D eigenvalue weighted by Crippen LogP contribution is -2.56. The molecule has 6 heteroatoms. The van der Waals surface area contributed by atoms with Crippen LogP contribution in [-0.4, -0.2) is 40.3 Å². The molecule has 2 aliphatic heterocycles. The predicted octanol–water partition coefficient (Wildman–Crippen LogP) is 0.920. The molecule has 0 bridgehead atoms. The van der Waals surface area contributed by atoms with Gasteiger partial charge in [0.1, 0.15) is 5.84 Å². The number of hydrogen-bond donors (Lipinski definition) is 2. The summed E-state index contributed by atoms with van der Waals surface area (Å²) in [7, 11) is 0. The third-order valence-corrected chi connectivity index (χ3v) is 4.19. The number of aliphatic hydroxyl groups is 1. The van der Waals surface area contributed by atoms with E-state index in [1.807, 2.05) is 24.3 Å². The summed E-state index contributed by atoms with van der Waals surface area (Å²) in [6.45, 7) is 0.233. The number of fused-ring (bicyclic) bond motifs is 2. The van der Waals surface area contributed by atoms with Gasteiger partial charge in [0.05, 0.1) is 24.1 Å². The number of β-amino-alcohol motifs (C(OH)–C–C–N with tert-alkyl or cyclic N) is 1. The highest BCUT2D eigenvalue weighted by Gasteiger charge is 2.33. The van der Waals surface area contributed by atoms with Gasteiger partial charge in [0.25, 0.3) is 0 Å². The van der Waals surface area contributed by atoms with Crippen molar-refractivity contribution in [1.82, 2.24) is 10.4 Å². The average Bonchev–Trinajstić information content (AvgIpc) is 2.38. The summed E-state index contributed by atoms with van der Waals surface area (Å²) in [5.41, 5.74) is 3.93. The summed E-state index contributed by atoms with van der Waals surface area (Å²) in [6.07, 6.45) is 0.421. The molecule has 2 aliphatic rings. The van der Waals surface area contributed by atoms with E-state index in [0.29, 0.717) is 6.42 Å². The first-order valence-electron chi connectivity index (χ1n) is 5.80. The maximum absolute atomic E-state index is 11.8. The molecule has 1 amide bonds. The third-order valence-electron chi connectivity index (χ3n) is 2.91. The summed E-state index contributed by atoms with van der Waals surface area (Å²) in [6, 6.07) is 7.90. The molecule has 2 heterocycles. The van der Waals surface area contributed by atoms with E-state index in [1.54, 1.807) is 11.8 Å². The molecule has 0 saturated carbocycles. The molecule has 5 nitrogen and oxygen atoms in total. The maximum Gasteiger partial charge on any atom is 0.242 e. The van der Waals surface area contributed by atoms with Crippen LogP contribution in [0.15, 0.2) is 34.2 Å². The predicted molar refractivity (Wildman–Crippen MR) is 69.7 cm³/mol. The Morgan fingerprint density at radius 1 is 1.50 bits per heavy atom. The van der Waals surface area contributed by atoms with Gasteiger partial charge in [-0.3, -0.25) is 15.2 Å². The molecule has 1 aromatic rings. The van der Waals surface area contributed by atoms with E-state index in [0.717, 1.165) is 16.4 Å². The Kier molecular flexibility index (Phi) is 2.97. The first-order valence-corrected chi connectivity index (χ1v) is 6.68. The normalized spacial score (nSPS) is 21.8. The molecule has 1 fully saturated rings. The number of amidine groups is 1. The fourth-order valence-corrected chi connectivity index (χ4v) is 3.19. The highest BCUT2D eigenvalue weighted by molar-refractivity contribution is 8.01. The largest absolute Gasteiger partial charge is 0.394 e. The second-order valence-corrected chi connectivity index (χ2v) is 5.40. The van der Waals surface area contributed by atoms with Crippen LogP contribution >= 0.6 is 11.8 Å². The Morgan fingerprint density at radius 3 is 3.17 bits per heavy atom. The zero-order valence-electron chi connectivity index (χ0n) is 9.67. The van der Waals surface area contributed by atoms with Crippen molar-refractivity contribution in [3.05, 3.63) is 24.3 Å². The fourth-order valence-electron chi connectivity index (χ4n) is 2.05. The van der Waals surface area contributed by atoms with Crippen molar-refractivity contribution in [3.8, 4) is 0 Å². The Morgan fingerprint density at radius 2 is 2.33 bits per heavy atom. The van der Waals surface area contributed by atoms with Gasteiger partial charge in [-0.1, -0.05) is 12.1 Å². The molecule has 0 aromatic heterocycles. The Bertz CT molecular complexity index is 518. The van der Waals surface area contributed by atoms with Gasteiger partial charge in [0.2, 0.25) is 5.91 Å². The summed E-state index contributed by atoms with van der Waals surface area (Å²) in [4.78, 5) is 17.5. The van der Waals surface area contributed by atoms with Crippen LogP contribution in [0.5, 0.6) is 0 Å². The number of hydrogen-bond acceptors (Lipinski definition) is 5. The van der Waals surface area contributed by atoms with Gasteiger partial charge < -0.3 is 5.11 Å². The molecule has 1 aromatic carbocycles. The van der Waals surface area contributed by atoms with E-state index >= 15 is 0 Å². The van der Waals surface area contributed by atoms with E-state index in [4.69, 9.17) is 5.11 Å². The number of amides is 1. The number of nitrogens with zero attached hydrogens (tertiary/aromatic N) is 2. The lowest BCUT2D eigenvalue weighted by atomic mass is 10.2. The van der Waals surface area contributed by atoms with Crippen LogP contribution < -0.4 is 5.43 Å². The molecule has 94 valence electrons. The molecule has 2 N–H and O–H groups in total. The van der Waals surface area contributed by atoms with Crippen molar-refractivity contribution < 1.29 is 9.90 Å². The third kappa shape index (κ3) is 1.97. The maximum atomic E-state index is 11.8. The number of carbonyl (C=O) groups excluding carboxylic acids is 1. The number of carbonyl (C=O) groups is 1. The van der Waals surface area contributed by atoms with Gasteiger partial charge in [-0.2, -0.15) is 0 Å². The molecule has 0 radical (unpaired) electrons. The van der Waals surface area contributed by atoms with Gasteiger partial charge in [0.15, 0.2) is 0 Å². The smallest absolute Gasteiger partial charge is 0.242 e. The van der Waals surface area contributed by atoms with Crippen molar-refractivity contribution in [2.45, 2.75) is 16.6 Å². The van der Waals surface area contributed by atoms with Crippen LogP contribution in [0.4, 0.5) is 5.69 Å². The number of nitrogens with one attached hydrogen (secondary N) is 1. The molecule has 18 heavy (non-hydrogen) atoms. The second kappa shape index (κ2) is 4.62. The number of thioether (sulfide) groups is 1. The van der Waals surface area contributed by atoms with Crippen molar-refractivity contribution in [3.63, 3.8) is 0 Å². The lowest BCUT2D eigenvalue weighted by Gasteiger charge is -2.35. The molecule has 0 aliphatic carbocycles. The van der Waals surface area contributed by atoms with Gasteiger partial charge in [0, 0.05) is 11.3 Å². The van der Waals surface area contributed by atoms with Crippen LogP contribution in [0.2, 0.25) is 0 Å². The van der Waals surface area contributed by atoms with Gasteiger partial charge >= 0.3 is 0 Å². The summed E-state index contributed by atoms with van der Waals surface area (Å²) in [5, 5.41) is 10.4. The standard InChI is InChI=1S/C12H13N3O2S/c16-6-5-15-11(17)7-10-12(14-15)13-8-3-1-2-4-9(8)18-10/h1-4,10,16H,5-7H2,(H,13,14)/t10-/m1/s1. The van der Waals surface area contributed by atoms with Crippen molar-refractivity contribution >= 4 is 29.2 Å². The van der Waals surface area contributed by atoms with Crippen LogP contribution in [-0.2, 0) is 4.79 Å². The molecule has 0 unspecified atom stereocenters. The molecule has 0 spiro atoms. The van der Waals surface area contributed by atoms with E-state index < -0.39 is 0 Å². The first-order chi connectivity index (χ1) is 8.78. The minimum absolute atomic E-state index is 0.000110. The molecule has 1 atom stereocenters. The number of aliphatic hydroxyl groups excluding tert-OH is 1. The number of rotatable bonds is 2. The summed E-state index contributed by atoms with van der Waals surface area (Å²) >= 11 is 1.66. The Labute approximate surface area is 109 Å². The minimum atomic E-state index is -0.0551. The Hall–Kier alpha value is -1.53. The summed E-state index contributed by atoms with van der Waals surface area (Å²) in [5.74, 6) is 0.798. The van der Waals surface area contributed by atoms with Crippen LogP contribution in [0.1, 0.15) is 6.42 Å². The highest BCUT2D eigenvalue weighted by atomic mass is 32.2. The molecule has 3 rings (SSSR count). The van der Waals surface area contributed by atoms with E-state index in [1.165, 1.54) is 5.01 Å². The number of benzene rings is 1. The Balaban J connectivity index is 1.89. The SMILES string of the molecule is O=C1C[C@H]2Sc3ccccc3N=C2NN1CCO. The monoisotopic (exact) mass is 263 g/mol. The highest BCUT2D eigenvalue weighted by Crippen LogP contribution is 2.39. The van der Waals surface area contributed by atoms with Crippen molar-refractivity contribution in [1.29, 1.82) is 0 Å². The van der Waals surface area contributed by atoms with E-state index in [-0.39, 0.29) is 24.3 Å². The lowest BCUT2D eigenvalue weighted by molar-refractivity contribution is -0.134. The first kappa shape index (κ1) is 11.6. The fraction of sp³-hybridized carbons (Fsp3) is 0.333. The van der Waals surface area contributed by atoms with E-state index in [9.17, 15) is 4.79 Å². The van der Waals surface area contributed by atoms with E-state index in [2.05, 4.69) is 10.4 Å². The van der Waals surface area contributed by atoms with Gasteiger partial charge in [-0.15, -0.1) is 11.8 Å². The van der Waals surface area contributed by atoms with Crippen molar-refractivity contribution in [2.75, 3.05) is 13.2 Å². The second-order valence-electron chi connectivity index (χ2n) is 4.16. The van der Waals surface area contributed by atoms with Crippen LogP contribution in [0.25, 0.3) is 0 Å². The average molecular weight is 263 g/mol. The van der Waals surface area contributed by atoms with Crippen LogP contribution in [0, 0.1) is 0 Å². The quantitative estimate of drug-likeness (QED) is 0.833. The number of hydrazine groups is 1. The minimum Gasteiger partial charge on any atom is -0.394 e. The molecule has 1 saturated heterocycles. The number of aliphatic imine (C=N–C) groups is 1. The molecular weight excluding hydrogens is 250 g/mol. The zero-order chi connectivity index (χ0) is 12.5. The molecular formula is C12H13N3O2S. The van der Waals surface area contributed by atoms with Gasteiger partial charge in [-0.05, 0) is 12.1 Å².